The Balaban J connectivity index is 1.95. The molecule has 2 rings (SSSR count). The fourth-order valence-electron chi connectivity index (χ4n) is 1.75. The summed E-state index contributed by atoms with van der Waals surface area (Å²) < 4.78 is 0. The van der Waals surface area contributed by atoms with Crippen molar-refractivity contribution >= 4 is 23.6 Å². The summed E-state index contributed by atoms with van der Waals surface area (Å²) in [7, 11) is 0. The van der Waals surface area contributed by atoms with Crippen LogP contribution in [0.4, 0.5) is 0 Å². The molecular weight excluding hydrogens is 252 g/mol. The molecule has 0 radical (unpaired) electrons. The third-order valence-corrected chi connectivity index (χ3v) is 4.01. The molecule has 1 aromatic rings. The molecule has 5 nitrogen and oxygen atoms in total. The zero-order chi connectivity index (χ0) is 13.0. The van der Waals surface area contributed by atoms with Gasteiger partial charge >= 0.3 is 5.97 Å². The fourth-order valence-corrected chi connectivity index (χ4v) is 3.04. The number of nitrogens with one attached hydrogen (secondary N) is 1. The Morgan fingerprint density at radius 1 is 1.44 bits per heavy atom. The lowest BCUT2D eigenvalue weighted by molar-refractivity contribution is 0.0690. The van der Waals surface area contributed by atoms with Gasteiger partial charge < -0.3 is 10.4 Å². The lowest BCUT2D eigenvalue weighted by atomic mass is 10.1. The van der Waals surface area contributed by atoms with Crippen molar-refractivity contribution < 1.29 is 14.7 Å². The summed E-state index contributed by atoms with van der Waals surface area (Å²) in [4.78, 5) is 26.3. The van der Waals surface area contributed by atoms with Crippen LogP contribution in [0.15, 0.2) is 18.2 Å². The van der Waals surface area contributed by atoms with Crippen LogP contribution in [-0.4, -0.2) is 40.0 Å². The number of carboxylic acids is 1. The van der Waals surface area contributed by atoms with Crippen LogP contribution in [0.3, 0.4) is 0 Å². The Labute approximate surface area is 109 Å². The van der Waals surface area contributed by atoms with Crippen molar-refractivity contribution in [1.82, 2.24) is 10.3 Å². The highest BCUT2D eigenvalue weighted by molar-refractivity contribution is 7.99. The van der Waals surface area contributed by atoms with Crippen molar-refractivity contribution in [2.24, 2.45) is 5.92 Å². The maximum atomic E-state index is 11.8. The van der Waals surface area contributed by atoms with Gasteiger partial charge in [0.05, 0.1) is 0 Å². The van der Waals surface area contributed by atoms with E-state index in [-0.39, 0.29) is 17.3 Å². The Bertz CT molecular complexity index is 458. The molecule has 1 fully saturated rings. The summed E-state index contributed by atoms with van der Waals surface area (Å²) in [6.45, 7) is 0.630. The zero-order valence-electron chi connectivity index (χ0n) is 9.76. The van der Waals surface area contributed by atoms with Gasteiger partial charge in [-0.2, -0.15) is 11.8 Å². The van der Waals surface area contributed by atoms with Crippen molar-refractivity contribution in [3.8, 4) is 0 Å². The van der Waals surface area contributed by atoms with Crippen molar-refractivity contribution in [3.63, 3.8) is 0 Å². The maximum Gasteiger partial charge on any atom is 0.354 e. The fraction of sp³-hybridized carbons (Fsp3) is 0.417. The second-order valence-corrected chi connectivity index (χ2v) is 5.30. The smallest absolute Gasteiger partial charge is 0.354 e. The predicted octanol–water partition coefficient (Wildman–Crippen LogP) is 1.26. The van der Waals surface area contributed by atoms with Crippen LogP contribution in [-0.2, 0) is 0 Å². The molecule has 18 heavy (non-hydrogen) atoms. The van der Waals surface area contributed by atoms with Crippen molar-refractivity contribution in [2.45, 2.75) is 6.42 Å². The van der Waals surface area contributed by atoms with Crippen LogP contribution in [0.2, 0.25) is 0 Å². The third-order valence-electron chi connectivity index (χ3n) is 2.78. The number of carbonyl (C=O) groups excluding carboxylic acids is 1. The number of carbonyl (C=O) groups is 2. The van der Waals surface area contributed by atoms with Crippen molar-refractivity contribution in [2.75, 3.05) is 18.1 Å². The standard InChI is InChI=1S/C12H14N2O3S/c15-11(13-6-8-4-5-18-7-8)9-2-1-3-10(14-9)12(16)17/h1-3,8H,4-7H2,(H,13,15)(H,16,17). The highest BCUT2D eigenvalue weighted by Gasteiger charge is 2.17. The first kappa shape index (κ1) is 12.9. The minimum atomic E-state index is -1.13. The first-order valence-corrected chi connectivity index (χ1v) is 6.88. The van der Waals surface area contributed by atoms with Crippen LogP contribution in [0.1, 0.15) is 27.4 Å². The monoisotopic (exact) mass is 266 g/mol. The second-order valence-electron chi connectivity index (χ2n) is 4.15. The molecule has 1 atom stereocenters. The molecule has 6 heteroatoms. The van der Waals surface area contributed by atoms with Gasteiger partial charge in [-0.3, -0.25) is 4.79 Å². The van der Waals surface area contributed by atoms with Gasteiger partial charge in [0.2, 0.25) is 0 Å². The highest BCUT2D eigenvalue weighted by atomic mass is 32.2. The quantitative estimate of drug-likeness (QED) is 0.857. The minimum absolute atomic E-state index is 0.112. The molecule has 1 aliphatic heterocycles. The summed E-state index contributed by atoms with van der Waals surface area (Å²) in [5.74, 6) is 1.30. The van der Waals surface area contributed by atoms with E-state index in [2.05, 4.69) is 10.3 Å². The van der Waals surface area contributed by atoms with Gasteiger partial charge in [0.1, 0.15) is 11.4 Å². The first-order valence-electron chi connectivity index (χ1n) is 5.73. The number of amides is 1. The Morgan fingerprint density at radius 3 is 2.89 bits per heavy atom. The normalized spacial score (nSPS) is 18.6. The van der Waals surface area contributed by atoms with Gasteiger partial charge in [0, 0.05) is 6.54 Å². The number of thioether (sulfide) groups is 1. The molecular formula is C12H14N2O3S. The average Bonchev–Trinajstić information content (AvgIpc) is 2.89. The number of pyridine rings is 1. The zero-order valence-corrected chi connectivity index (χ0v) is 10.6. The number of aromatic nitrogens is 1. The van der Waals surface area contributed by atoms with E-state index in [1.165, 1.54) is 18.2 Å². The number of aromatic carboxylic acids is 1. The second kappa shape index (κ2) is 5.86. The van der Waals surface area contributed by atoms with Gasteiger partial charge in [-0.05, 0) is 36.0 Å². The van der Waals surface area contributed by atoms with E-state index >= 15 is 0 Å². The molecule has 2 heterocycles. The molecule has 2 N–H and O–H groups in total. The van der Waals surface area contributed by atoms with Crippen LogP contribution >= 0.6 is 11.8 Å². The van der Waals surface area contributed by atoms with E-state index in [0.717, 1.165) is 17.9 Å². The topological polar surface area (TPSA) is 79.3 Å². The maximum absolute atomic E-state index is 11.8. The van der Waals surface area contributed by atoms with Gasteiger partial charge in [0.15, 0.2) is 0 Å². The molecule has 1 aliphatic rings. The Hall–Kier alpha value is -1.56. The summed E-state index contributed by atoms with van der Waals surface area (Å²) in [5, 5.41) is 11.6. The number of hydrogen-bond acceptors (Lipinski definition) is 4. The first-order chi connectivity index (χ1) is 8.66. The van der Waals surface area contributed by atoms with Crippen molar-refractivity contribution in [1.29, 1.82) is 0 Å². The predicted molar refractivity (Wildman–Crippen MR) is 69.0 cm³/mol. The third kappa shape index (κ3) is 3.22. The summed E-state index contributed by atoms with van der Waals surface area (Å²) >= 11 is 1.89. The van der Waals surface area contributed by atoms with Crippen LogP contribution in [0, 0.1) is 5.92 Å². The molecule has 0 aliphatic carbocycles. The molecule has 1 aromatic heterocycles. The summed E-state index contributed by atoms with van der Waals surface area (Å²) in [6.07, 6.45) is 1.12. The van der Waals surface area contributed by atoms with Crippen molar-refractivity contribution in [3.05, 3.63) is 29.6 Å². The van der Waals surface area contributed by atoms with E-state index < -0.39 is 5.97 Å². The molecule has 1 unspecified atom stereocenters. The summed E-state index contributed by atoms with van der Waals surface area (Å²) in [6, 6.07) is 4.41. The van der Waals surface area contributed by atoms with Crippen LogP contribution < -0.4 is 5.32 Å². The number of hydrogen-bond donors (Lipinski definition) is 2. The average molecular weight is 266 g/mol. The minimum Gasteiger partial charge on any atom is -0.477 e. The van der Waals surface area contributed by atoms with E-state index in [9.17, 15) is 9.59 Å². The number of carboxylic acid groups (broad SMARTS) is 1. The van der Waals surface area contributed by atoms with E-state index in [0.29, 0.717) is 12.5 Å². The van der Waals surface area contributed by atoms with E-state index in [1.807, 2.05) is 11.8 Å². The number of nitrogens with zero attached hydrogens (tertiary/aromatic N) is 1. The van der Waals surface area contributed by atoms with Gasteiger partial charge in [0.25, 0.3) is 5.91 Å². The Morgan fingerprint density at radius 2 is 2.22 bits per heavy atom. The molecule has 96 valence electrons. The molecule has 0 aromatic carbocycles. The SMILES string of the molecule is O=C(O)c1cccc(C(=O)NCC2CCSC2)n1. The molecule has 1 amide bonds. The van der Waals surface area contributed by atoms with Gasteiger partial charge in [-0.1, -0.05) is 6.07 Å². The largest absolute Gasteiger partial charge is 0.477 e. The number of rotatable bonds is 4. The van der Waals surface area contributed by atoms with E-state index in [1.54, 1.807) is 0 Å². The lowest BCUT2D eigenvalue weighted by Crippen LogP contribution is -2.30. The van der Waals surface area contributed by atoms with E-state index in [4.69, 9.17) is 5.11 Å². The molecule has 0 spiro atoms. The van der Waals surface area contributed by atoms with Crippen LogP contribution in [0.5, 0.6) is 0 Å². The van der Waals surface area contributed by atoms with Gasteiger partial charge in [-0.15, -0.1) is 0 Å². The van der Waals surface area contributed by atoms with Gasteiger partial charge in [-0.25, -0.2) is 9.78 Å². The highest BCUT2D eigenvalue weighted by Crippen LogP contribution is 2.22. The van der Waals surface area contributed by atoms with Crippen LogP contribution in [0.25, 0.3) is 0 Å². The summed E-state index contributed by atoms with van der Waals surface area (Å²) in [5.41, 5.74) is 0.0413. The molecule has 0 saturated carbocycles. The molecule has 0 bridgehead atoms. The lowest BCUT2D eigenvalue weighted by Gasteiger charge is -2.09. The molecule has 1 saturated heterocycles. The Kier molecular flexibility index (Phi) is 4.19.